The first-order valence-electron chi connectivity index (χ1n) is 6.65. The quantitative estimate of drug-likeness (QED) is 0.594. The highest BCUT2D eigenvalue weighted by atomic mass is 16.4. The molecule has 7 nitrogen and oxygen atoms in total. The van der Waals surface area contributed by atoms with E-state index in [4.69, 9.17) is 0 Å². The topological polar surface area (TPSA) is 110 Å². The number of carbonyl (C=O) groups excluding carboxylic acids is 1. The summed E-state index contributed by atoms with van der Waals surface area (Å²) in [6, 6.07) is 7.32. The number of urea groups is 1. The van der Waals surface area contributed by atoms with Crippen molar-refractivity contribution in [1.29, 1.82) is 0 Å². The van der Waals surface area contributed by atoms with Gasteiger partial charge in [-0.3, -0.25) is 0 Å². The van der Waals surface area contributed by atoms with E-state index in [1.165, 1.54) is 4.90 Å². The number of aliphatic hydroxyl groups is 2. The van der Waals surface area contributed by atoms with Gasteiger partial charge in [-0.25, -0.2) is 9.59 Å². The summed E-state index contributed by atoms with van der Waals surface area (Å²) in [7, 11) is 0. The van der Waals surface area contributed by atoms with E-state index < -0.39 is 30.3 Å². The van der Waals surface area contributed by atoms with E-state index in [0.29, 0.717) is 0 Å². The van der Waals surface area contributed by atoms with Crippen LogP contribution in [0.4, 0.5) is 4.79 Å². The molecular weight excluding hydrogens is 276 g/mol. The van der Waals surface area contributed by atoms with E-state index >= 15 is 0 Å². The van der Waals surface area contributed by atoms with Crippen LogP contribution in [-0.2, 0) is 11.2 Å². The molecule has 7 heteroatoms. The van der Waals surface area contributed by atoms with Gasteiger partial charge in [0.25, 0.3) is 0 Å². The lowest BCUT2D eigenvalue weighted by molar-refractivity contribution is -0.139. The van der Waals surface area contributed by atoms with Crippen molar-refractivity contribution >= 4 is 12.0 Å². The molecule has 0 radical (unpaired) electrons. The van der Waals surface area contributed by atoms with E-state index in [9.17, 15) is 24.9 Å². The highest BCUT2D eigenvalue weighted by Crippen LogP contribution is 2.11. The molecule has 114 valence electrons. The van der Waals surface area contributed by atoms with Crippen LogP contribution < -0.4 is 5.32 Å². The van der Waals surface area contributed by atoms with Crippen LogP contribution in [0.1, 0.15) is 5.56 Å². The molecule has 1 aromatic carbocycles. The average molecular weight is 294 g/mol. The molecule has 0 bridgehead atoms. The van der Waals surface area contributed by atoms with Crippen molar-refractivity contribution < 1.29 is 24.9 Å². The molecule has 1 heterocycles. The Morgan fingerprint density at radius 3 is 2.29 bits per heavy atom. The van der Waals surface area contributed by atoms with Gasteiger partial charge in [0.15, 0.2) is 0 Å². The maximum Gasteiger partial charge on any atom is 0.326 e. The zero-order chi connectivity index (χ0) is 15.4. The number of hydrogen-bond donors (Lipinski definition) is 4. The third kappa shape index (κ3) is 3.93. The van der Waals surface area contributed by atoms with Gasteiger partial charge in [-0.2, -0.15) is 0 Å². The number of aliphatic hydroxyl groups excluding tert-OH is 2. The molecule has 0 aliphatic carbocycles. The number of β-amino-alcohol motifs (C(OH)–C–C–N with tert-alkyl or cyclic N) is 2. The zero-order valence-corrected chi connectivity index (χ0v) is 11.3. The maximum absolute atomic E-state index is 12.0. The van der Waals surface area contributed by atoms with Gasteiger partial charge < -0.3 is 25.5 Å². The molecule has 1 aliphatic heterocycles. The summed E-state index contributed by atoms with van der Waals surface area (Å²) >= 11 is 0. The Labute approximate surface area is 121 Å². The molecule has 0 saturated carbocycles. The minimum atomic E-state index is -1.13. The number of likely N-dealkylation sites (tertiary alicyclic amines) is 1. The van der Waals surface area contributed by atoms with Crippen LogP contribution in [0.5, 0.6) is 0 Å². The van der Waals surface area contributed by atoms with Gasteiger partial charge in [0.05, 0.1) is 25.3 Å². The fraction of sp³-hybridized carbons (Fsp3) is 0.429. The lowest BCUT2D eigenvalue weighted by Gasteiger charge is -2.20. The highest BCUT2D eigenvalue weighted by molar-refractivity contribution is 5.83. The van der Waals surface area contributed by atoms with Crippen LogP contribution in [0.2, 0.25) is 0 Å². The third-order valence-electron chi connectivity index (χ3n) is 3.42. The number of nitrogens with one attached hydrogen (secondary N) is 1. The molecule has 1 aromatic rings. The van der Waals surface area contributed by atoms with Crippen LogP contribution in [0.25, 0.3) is 0 Å². The number of rotatable bonds is 4. The average Bonchev–Trinajstić information content (AvgIpc) is 2.79. The Morgan fingerprint density at radius 2 is 1.76 bits per heavy atom. The summed E-state index contributed by atoms with van der Waals surface area (Å²) in [5, 5.41) is 30.4. The SMILES string of the molecule is O=C(O)[C@@H](Cc1ccccc1)NC(=O)N1CC(O)C(O)C1. The third-order valence-corrected chi connectivity index (χ3v) is 3.42. The van der Waals surface area contributed by atoms with Crippen molar-refractivity contribution in [2.24, 2.45) is 0 Å². The standard InChI is InChI=1S/C14H18N2O5/c17-11-7-16(8-12(11)18)14(21)15-10(13(19)20)6-9-4-2-1-3-5-9/h1-5,10-12,17-18H,6-8H2,(H,15,21)(H,19,20)/t10-,11?,12?/m1/s1. The maximum atomic E-state index is 12.0. The van der Waals surface area contributed by atoms with Gasteiger partial charge in [-0.15, -0.1) is 0 Å². The lowest BCUT2D eigenvalue weighted by atomic mass is 10.1. The first-order chi connectivity index (χ1) is 9.97. The smallest absolute Gasteiger partial charge is 0.326 e. The van der Waals surface area contributed by atoms with Crippen LogP contribution in [0, 0.1) is 0 Å². The van der Waals surface area contributed by atoms with Gasteiger partial charge in [0.1, 0.15) is 6.04 Å². The summed E-state index contributed by atoms with van der Waals surface area (Å²) in [5.41, 5.74) is 0.798. The number of aliphatic carboxylic acids is 1. The van der Waals surface area contributed by atoms with Gasteiger partial charge in [0.2, 0.25) is 0 Å². The number of hydrogen-bond acceptors (Lipinski definition) is 4. The van der Waals surface area contributed by atoms with Crippen molar-refractivity contribution in [2.75, 3.05) is 13.1 Å². The fourth-order valence-electron chi connectivity index (χ4n) is 2.23. The van der Waals surface area contributed by atoms with Crippen LogP contribution in [0.15, 0.2) is 30.3 Å². The van der Waals surface area contributed by atoms with E-state index in [1.807, 2.05) is 6.07 Å². The molecule has 2 amide bonds. The van der Waals surface area contributed by atoms with Gasteiger partial charge in [-0.05, 0) is 5.56 Å². The zero-order valence-electron chi connectivity index (χ0n) is 11.3. The second-order valence-electron chi connectivity index (χ2n) is 5.07. The molecule has 1 saturated heterocycles. The van der Waals surface area contributed by atoms with E-state index in [0.717, 1.165) is 5.56 Å². The Kier molecular flexibility index (Phi) is 4.77. The molecule has 1 fully saturated rings. The van der Waals surface area contributed by atoms with Gasteiger partial charge in [0, 0.05) is 6.42 Å². The van der Waals surface area contributed by atoms with Crippen molar-refractivity contribution in [1.82, 2.24) is 10.2 Å². The number of carbonyl (C=O) groups is 2. The lowest BCUT2D eigenvalue weighted by Crippen LogP contribution is -2.48. The monoisotopic (exact) mass is 294 g/mol. The fourth-order valence-corrected chi connectivity index (χ4v) is 2.23. The normalized spacial score (nSPS) is 22.9. The van der Waals surface area contributed by atoms with E-state index in [2.05, 4.69) is 5.32 Å². The molecule has 0 spiro atoms. The molecule has 2 rings (SSSR count). The molecular formula is C14H18N2O5. The summed E-state index contributed by atoms with van der Waals surface area (Å²) in [5.74, 6) is -1.13. The molecule has 3 atom stereocenters. The molecule has 4 N–H and O–H groups in total. The van der Waals surface area contributed by atoms with Crippen LogP contribution in [0.3, 0.4) is 0 Å². The van der Waals surface area contributed by atoms with E-state index in [1.54, 1.807) is 24.3 Å². The second-order valence-corrected chi connectivity index (χ2v) is 5.07. The van der Waals surface area contributed by atoms with Crippen LogP contribution in [-0.4, -0.2) is 63.6 Å². The van der Waals surface area contributed by atoms with Crippen molar-refractivity contribution in [3.05, 3.63) is 35.9 Å². The Balaban J connectivity index is 1.97. The van der Waals surface area contributed by atoms with Crippen LogP contribution >= 0.6 is 0 Å². The van der Waals surface area contributed by atoms with E-state index in [-0.39, 0.29) is 19.5 Å². The number of nitrogens with zero attached hydrogens (tertiary/aromatic N) is 1. The first kappa shape index (κ1) is 15.3. The van der Waals surface area contributed by atoms with Gasteiger partial charge >= 0.3 is 12.0 Å². The number of carboxylic acid groups (broad SMARTS) is 1. The predicted octanol–water partition coefficient (Wildman–Crippen LogP) is -0.571. The number of amides is 2. The second kappa shape index (κ2) is 6.55. The molecule has 2 unspecified atom stereocenters. The van der Waals surface area contributed by atoms with Crippen molar-refractivity contribution in [3.63, 3.8) is 0 Å². The molecule has 1 aliphatic rings. The van der Waals surface area contributed by atoms with Gasteiger partial charge in [-0.1, -0.05) is 30.3 Å². The summed E-state index contributed by atoms with van der Waals surface area (Å²) < 4.78 is 0. The van der Waals surface area contributed by atoms with Crippen molar-refractivity contribution in [2.45, 2.75) is 24.7 Å². The minimum Gasteiger partial charge on any atom is -0.480 e. The van der Waals surface area contributed by atoms with Crippen molar-refractivity contribution in [3.8, 4) is 0 Å². The predicted molar refractivity (Wildman–Crippen MR) is 73.7 cm³/mol. The Bertz CT molecular complexity index is 497. The molecule has 21 heavy (non-hydrogen) atoms. The minimum absolute atomic E-state index is 0.00925. The summed E-state index contributed by atoms with van der Waals surface area (Å²) in [4.78, 5) is 24.4. The Hall–Kier alpha value is -2.12. The number of benzene rings is 1. The number of carboxylic acids is 1. The highest BCUT2D eigenvalue weighted by Gasteiger charge is 2.34. The first-order valence-corrected chi connectivity index (χ1v) is 6.65. The summed E-state index contributed by atoms with van der Waals surface area (Å²) in [6.07, 6.45) is -1.82. The Morgan fingerprint density at radius 1 is 1.19 bits per heavy atom. The molecule has 0 aromatic heterocycles. The summed E-state index contributed by atoms with van der Waals surface area (Å²) in [6.45, 7) is -0.0185. The largest absolute Gasteiger partial charge is 0.480 e.